The lowest BCUT2D eigenvalue weighted by molar-refractivity contribution is 0.490. The maximum Gasteiger partial charge on any atom is 0.153 e. The van der Waals surface area contributed by atoms with E-state index in [0.717, 1.165) is 17.9 Å². The first-order chi connectivity index (χ1) is 7.93. The summed E-state index contributed by atoms with van der Waals surface area (Å²) < 4.78 is 2.09. The SMILES string of the molecule is C1=CC2NCc3nc4cc[nH]n4c3C2C=C1. The summed E-state index contributed by atoms with van der Waals surface area (Å²) in [6.07, 6.45) is 10.6. The number of rotatable bonds is 0. The Morgan fingerprint density at radius 3 is 3.25 bits per heavy atom. The van der Waals surface area contributed by atoms with Crippen LogP contribution in [0.3, 0.4) is 0 Å². The molecular weight excluding hydrogens is 200 g/mol. The van der Waals surface area contributed by atoms with Gasteiger partial charge in [0.05, 0.1) is 11.4 Å². The van der Waals surface area contributed by atoms with Crippen LogP contribution in [-0.2, 0) is 6.54 Å². The molecule has 2 unspecified atom stereocenters. The summed E-state index contributed by atoms with van der Waals surface area (Å²) in [6, 6.07) is 2.41. The molecule has 0 bridgehead atoms. The van der Waals surface area contributed by atoms with Crippen LogP contribution in [0.4, 0.5) is 0 Å². The highest BCUT2D eigenvalue weighted by atomic mass is 15.3. The molecule has 80 valence electrons. The van der Waals surface area contributed by atoms with Gasteiger partial charge in [-0.25, -0.2) is 9.50 Å². The van der Waals surface area contributed by atoms with Crippen LogP contribution >= 0.6 is 0 Å². The number of hydrogen-bond acceptors (Lipinski definition) is 2. The van der Waals surface area contributed by atoms with Crippen molar-refractivity contribution in [2.24, 2.45) is 0 Å². The van der Waals surface area contributed by atoms with Crippen LogP contribution in [0.2, 0.25) is 0 Å². The molecule has 2 aromatic rings. The van der Waals surface area contributed by atoms with E-state index >= 15 is 0 Å². The zero-order valence-corrected chi connectivity index (χ0v) is 8.72. The van der Waals surface area contributed by atoms with E-state index in [1.54, 1.807) is 0 Å². The third-order valence-electron chi connectivity index (χ3n) is 3.41. The molecule has 0 saturated carbocycles. The Labute approximate surface area is 92.7 Å². The summed E-state index contributed by atoms with van der Waals surface area (Å²) in [5.74, 6) is 0.391. The molecule has 3 heterocycles. The number of nitrogens with one attached hydrogen (secondary N) is 2. The third kappa shape index (κ3) is 0.945. The minimum Gasteiger partial charge on any atom is -0.304 e. The monoisotopic (exact) mass is 212 g/mol. The molecule has 16 heavy (non-hydrogen) atoms. The van der Waals surface area contributed by atoms with Crippen molar-refractivity contribution in [1.29, 1.82) is 0 Å². The fourth-order valence-electron chi connectivity index (χ4n) is 2.68. The van der Waals surface area contributed by atoms with Gasteiger partial charge in [-0.05, 0) is 0 Å². The highest BCUT2D eigenvalue weighted by Crippen LogP contribution is 2.31. The Balaban J connectivity index is 1.99. The van der Waals surface area contributed by atoms with Gasteiger partial charge in [0.15, 0.2) is 5.65 Å². The van der Waals surface area contributed by atoms with Gasteiger partial charge < -0.3 is 5.32 Å². The minimum absolute atomic E-state index is 0.391. The number of hydrogen-bond donors (Lipinski definition) is 2. The predicted molar refractivity (Wildman–Crippen MR) is 61.2 cm³/mol. The van der Waals surface area contributed by atoms with Gasteiger partial charge in [-0.1, -0.05) is 24.3 Å². The second-order valence-corrected chi connectivity index (χ2v) is 4.30. The van der Waals surface area contributed by atoms with Crippen molar-refractivity contribution in [3.8, 4) is 0 Å². The maximum absolute atomic E-state index is 4.62. The zero-order valence-electron chi connectivity index (χ0n) is 8.72. The minimum atomic E-state index is 0.391. The topological polar surface area (TPSA) is 45.1 Å². The van der Waals surface area contributed by atoms with E-state index in [1.807, 2.05) is 12.3 Å². The summed E-state index contributed by atoms with van der Waals surface area (Å²) >= 11 is 0. The van der Waals surface area contributed by atoms with Crippen LogP contribution < -0.4 is 5.32 Å². The molecule has 2 aromatic heterocycles. The average Bonchev–Trinajstić information content (AvgIpc) is 2.88. The molecule has 1 aliphatic carbocycles. The lowest BCUT2D eigenvalue weighted by atomic mass is 9.88. The first kappa shape index (κ1) is 8.35. The molecule has 0 aromatic carbocycles. The van der Waals surface area contributed by atoms with Crippen molar-refractivity contribution in [3.63, 3.8) is 0 Å². The van der Waals surface area contributed by atoms with Crippen molar-refractivity contribution < 1.29 is 0 Å². The molecule has 0 spiro atoms. The lowest BCUT2D eigenvalue weighted by Crippen LogP contribution is -2.38. The number of fused-ring (bicyclic) bond motifs is 5. The van der Waals surface area contributed by atoms with E-state index in [0.29, 0.717) is 12.0 Å². The molecule has 0 amide bonds. The van der Waals surface area contributed by atoms with Crippen LogP contribution in [0.25, 0.3) is 5.65 Å². The second kappa shape index (κ2) is 2.86. The number of H-pyrrole nitrogens is 1. The smallest absolute Gasteiger partial charge is 0.153 e. The number of imidazole rings is 1. The summed E-state index contributed by atoms with van der Waals surface area (Å²) in [4.78, 5) is 4.62. The third-order valence-corrected chi connectivity index (χ3v) is 3.41. The van der Waals surface area contributed by atoms with E-state index in [4.69, 9.17) is 0 Å². The van der Waals surface area contributed by atoms with Crippen molar-refractivity contribution in [3.05, 3.63) is 48.0 Å². The number of aromatic nitrogens is 3. The van der Waals surface area contributed by atoms with Crippen molar-refractivity contribution in [2.75, 3.05) is 0 Å². The summed E-state index contributed by atoms with van der Waals surface area (Å²) in [6.45, 7) is 0.851. The molecule has 1 aliphatic heterocycles. The molecule has 0 radical (unpaired) electrons. The molecule has 4 nitrogen and oxygen atoms in total. The highest BCUT2D eigenvalue weighted by Gasteiger charge is 2.31. The number of nitrogens with zero attached hydrogens (tertiary/aromatic N) is 2. The summed E-state index contributed by atoms with van der Waals surface area (Å²) in [5.41, 5.74) is 3.47. The normalized spacial score (nSPS) is 27.0. The van der Waals surface area contributed by atoms with Crippen LogP contribution in [0, 0.1) is 0 Å². The molecule has 4 heteroatoms. The van der Waals surface area contributed by atoms with E-state index in [-0.39, 0.29) is 0 Å². The molecule has 0 saturated heterocycles. The van der Waals surface area contributed by atoms with Gasteiger partial charge >= 0.3 is 0 Å². The Kier molecular flexibility index (Phi) is 1.49. The average molecular weight is 212 g/mol. The number of allylic oxidation sites excluding steroid dienone is 2. The van der Waals surface area contributed by atoms with Gasteiger partial charge in [0.25, 0.3) is 0 Å². The van der Waals surface area contributed by atoms with E-state index < -0.39 is 0 Å². The Morgan fingerprint density at radius 1 is 1.31 bits per heavy atom. The van der Waals surface area contributed by atoms with Gasteiger partial charge in [0.2, 0.25) is 0 Å². The molecule has 2 atom stereocenters. The molecule has 0 fully saturated rings. The van der Waals surface area contributed by atoms with Gasteiger partial charge in [-0.3, -0.25) is 5.10 Å². The van der Waals surface area contributed by atoms with Gasteiger partial charge in [-0.15, -0.1) is 0 Å². The first-order valence-corrected chi connectivity index (χ1v) is 5.56. The zero-order chi connectivity index (χ0) is 10.5. The summed E-state index contributed by atoms with van der Waals surface area (Å²) in [7, 11) is 0. The standard InChI is InChI=1S/C12H12N4/c1-2-4-9-8(3-1)12-10(7-13-9)15-11-5-6-14-16(11)12/h1-6,8-9,13-14H,7H2. The maximum atomic E-state index is 4.62. The van der Waals surface area contributed by atoms with Gasteiger partial charge in [-0.2, -0.15) is 0 Å². The second-order valence-electron chi connectivity index (χ2n) is 4.30. The van der Waals surface area contributed by atoms with Crippen molar-refractivity contribution in [2.45, 2.75) is 18.5 Å². The van der Waals surface area contributed by atoms with Crippen LogP contribution in [0.1, 0.15) is 17.3 Å². The van der Waals surface area contributed by atoms with E-state index in [9.17, 15) is 0 Å². The Hall–Kier alpha value is -1.81. The highest BCUT2D eigenvalue weighted by molar-refractivity contribution is 5.46. The summed E-state index contributed by atoms with van der Waals surface area (Å²) in [5, 5.41) is 6.73. The largest absolute Gasteiger partial charge is 0.304 e. The van der Waals surface area contributed by atoms with Crippen LogP contribution in [0.5, 0.6) is 0 Å². The van der Waals surface area contributed by atoms with E-state index in [1.165, 1.54) is 5.69 Å². The molecule has 2 aliphatic rings. The Morgan fingerprint density at radius 2 is 2.25 bits per heavy atom. The van der Waals surface area contributed by atoms with Crippen molar-refractivity contribution >= 4 is 5.65 Å². The van der Waals surface area contributed by atoms with Gasteiger partial charge in [0, 0.05) is 30.8 Å². The van der Waals surface area contributed by atoms with Crippen molar-refractivity contribution in [1.82, 2.24) is 19.9 Å². The van der Waals surface area contributed by atoms with Crippen LogP contribution in [-0.4, -0.2) is 20.6 Å². The number of aromatic amines is 1. The lowest BCUT2D eigenvalue weighted by Gasteiger charge is -2.29. The Bertz CT molecular complexity index is 602. The van der Waals surface area contributed by atoms with E-state index in [2.05, 4.69) is 44.2 Å². The molecular formula is C12H12N4. The van der Waals surface area contributed by atoms with Gasteiger partial charge in [0.1, 0.15) is 0 Å². The predicted octanol–water partition coefficient (Wildman–Crippen LogP) is 1.34. The molecule has 4 rings (SSSR count). The quantitative estimate of drug-likeness (QED) is 0.692. The fourth-order valence-corrected chi connectivity index (χ4v) is 2.68. The molecule has 2 N–H and O–H groups in total. The fraction of sp³-hybridized carbons (Fsp3) is 0.250. The first-order valence-electron chi connectivity index (χ1n) is 5.56. The van der Waals surface area contributed by atoms with Crippen LogP contribution in [0.15, 0.2) is 36.6 Å².